The molecule has 0 fully saturated rings. The molecule has 0 aliphatic rings. The lowest BCUT2D eigenvalue weighted by atomic mass is 10.2. The molecule has 2 aromatic heterocycles. The summed E-state index contributed by atoms with van der Waals surface area (Å²) in [5.41, 5.74) is 0.454. The highest BCUT2D eigenvalue weighted by Crippen LogP contribution is 2.26. The third kappa shape index (κ3) is 1.58. The molecule has 2 heterocycles. The van der Waals surface area contributed by atoms with Crippen LogP contribution in [-0.4, -0.2) is 32.4 Å². The molecule has 16 heavy (non-hydrogen) atoms. The highest BCUT2D eigenvalue weighted by atomic mass is 16.5. The van der Waals surface area contributed by atoms with Gasteiger partial charge in [-0.05, 0) is 6.92 Å². The molecular weight excluding hydrogens is 210 g/mol. The molecule has 0 bridgehead atoms. The van der Waals surface area contributed by atoms with Crippen LogP contribution in [0.5, 0.6) is 5.75 Å². The minimum absolute atomic E-state index is 0.0577. The normalized spacial score (nSPS) is 10.6. The number of rotatable bonds is 2. The zero-order valence-corrected chi connectivity index (χ0v) is 8.97. The molecule has 0 atom stereocenters. The maximum Gasteiger partial charge on any atom is 0.343 e. The summed E-state index contributed by atoms with van der Waals surface area (Å²) in [5, 5.41) is 14.3. The topological polar surface area (TPSA) is 77.2 Å². The monoisotopic (exact) mass is 221 g/mol. The van der Waals surface area contributed by atoms with Crippen LogP contribution >= 0.6 is 0 Å². The number of carbonyl (C=O) groups is 1. The smallest absolute Gasteiger partial charge is 0.343 e. The van der Waals surface area contributed by atoms with Crippen molar-refractivity contribution in [3.63, 3.8) is 0 Å². The zero-order chi connectivity index (χ0) is 11.7. The Kier molecular flexibility index (Phi) is 2.47. The third-order valence-electron chi connectivity index (χ3n) is 2.13. The third-order valence-corrected chi connectivity index (χ3v) is 2.13. The fraction of sp³-hybridized carbons (Fsp3) is 0.300. The molecule has 0 aliphatic carbocycles. The van der Waals surface area contributed by atoms with Gasteiger partial charge < -0.3 is 9.84 Å². The summed E-state index contributed by atoms with van der Waals surface area (Å²) in [6.07, 6.45) is 2.86. The average Bonchev–Trinajstić information content (AvgIpc) is 2.60. The minimum Gasteiger partial charge on any atom is -0.506 e. The van der Waals surface area contributed by atoms with Gasteiger partial charge in [-0.25, -0.2) is 9.78 Å². The van der Waals surface area contributed by atoms with Crippen molar-refractivity contribution in [1.29, 1.82) is 0 Å². The second-order valence-corrected chi connectivity index (χ2v) is 3.28. The summed E-state index contributed by atoms with van der Waals surface area (Å²) >= 11 is 0. The fourth-order valence-electron chi connectivity index (χ4n) is 1.43. The van der Waals surface area contributed by atoms with Gasteiger partial charge in [0.2, 0.25) is 0 Å². The molecule has 0 aromatic carbocycles. The molecule has 2 aromatic rings. The summed E-state index contributed by atoms with van der Waals surface area (Å²) < 4.78 is 6.32. The lowest BCUT2D eigenvalue weighted by Gasteiger charge is -2.03. The van der Waals surface area contributed by atoms with E-state index in [1.807, 2.05) is 0 Å². The number of fused-ring (bicyclic) bond motifs is 1. The van der Waals surface area contributed by atoms with Gasteiger partial charge in [-0.2, -0.15) is 5.10 Å². The van der Waals surface area contributed by atoms with Crippen molar-refractivity contribution in [2.24, 2.45) is 7.05 Å². The standard InChI is InChI=1S/C10H11N3O3/c1-3-16-10(15)6-4-11-9-7(8(6)14)5-13(2)12-9/h4-5,14H,3H2,1-2H3. The van der Waals surface area contributed by atoms with Crippen molar-refractivity contribution in [2.45, 2.75) is 6.92 Å². The van der Waals surface area contributed by atoms with E-state index in [0.717, 1.165) is 0 Å². The van der Waals surface area contributed by atoms with Crippen molar-refractivity contribution in [2.75, 3.05) is 6.61 Å². The summed E-state index contributed by atoms with van der Waals surface area (Å²) in [4.78, 5) is 15.4. The molecule has 6 heteroatoms. The quantitative estimate of drug-likeness (QED) is 0.761. The van der Waals surface area contributed by atoms with Crippen molar-refractivity contribution < 1.29 is 14.6 Å². The molecule has 0 saturated carbocycles. The van der Waals surface area contributed by atoms with E-state index in [1.165, 1.54) is 10.9 Å². The van der Waals surface area contributed by atoms with Crippen molar-refractivity contribution >= 4 is 17.0 Å². The first-order valence-electron chi connectivity index (χ1n) is 4.82. The van der Waals surface area contributed by atoms with Crippen LogP contribution in [0.25, 0.3) is 11.0 Å². The molecule has 0 unspecified atom stereocenters. The second kappa shape index (κ2) is 3.80. The Hall–Kier alpha value is -2.11. The largest absolute Gasteiger partial charge is 0.506 e. The average molecular weight is 221 g/mol. The first kappa shape index (κ1) is 10.4. The lowest BCUT2D eigenvalue weighted by molar-refractivity contribution is 0.0523. The Morgan fingerprint density at radius 2 is 2.38 bits per heavy atom. The molecule has 84 valence electrons. The first-order valence-corrected chi connectivity index (χ1v) is 4.82. The van der Waals surface area contributed by atoms with Crippen LogP contribution in [0.1, 0.15) is 17.3 Å². The Labute approximate surface area is 91.5 Å². The second-order valence-electron chi connectivity index (χ2n) is 3.28. The summed E-state index contributed by atoms with van der Waals surface area (Å²) in [6.45, 7) is 1.95. The lowest BCUT2D eigenvalue weighted by Crippen LogP contribution is -2.05. The van der Waals surface area contributed by atoms with E-state index in [9.17, 15) is 9.90 Å². The van der Waals surface area contributed by atoms with E-state index in [0.29, 0.717) is 11.0 Å². The van der Waals surface area contributed by atoms with Gasteiger partial charge in [0.05, 0.1) is 12.0 Å². The van der Waals surface area contributed by atoms with Gasteiger partial charge in [0, 0.05) is 19.4 Å². The molecule has 0 aliphatic heterocycles. The Bertz CT molecular complexity index is 547. The first-order chi connectivity index (χ1) is 7.63. The van der Waals surface area contributed by atoms with E-state index in [4.69, 9.17) is 4.74 Å². The number of pyridine rings is 1. The maximum absolute atomic E-state index is 11.5. The van der Waals surface area contributed by atoms with Crippen LogP contribution < -0.4 is 0 Å². The molecule has 0 spiro atoms. The van der Waals surface area contributed by atoms with Crippen LogP contribution in [0.15, 0.2) is 12.4 Å². The summed E-state index contributed by atoms with van der Waals surface area (Å²) in [5.74, 6) is -0.727. The number of carbonyl (C=O) groups excluding carboxylic acids is 1. The van der Waals surface area contributed by atoms with Crippen LogP contribution in [0.3, 0.4) is 0 Å². The van der Waals surface area contributed by atoms with Gasteiger partial charge in [-0.15, -0.1) is 0 Å². The van der Waals surface area contributed by atoms with Crippen LogP contribution in [0.2, 0.25) is 0 Å². The van der Waals surface area contributed by atoms with E-state index < -0.39 is 5.97 Å². The van der Waals surface area contributed by atoms with E-state index in [-0.39, 0.29) is 17.9 Å². The van der Waals surface area contributed by atoms with Crippen LogP contribution in [-0.2, 0) is 11.8 Å². The number of nitrogens with zero attached hydrogens (tertiary/aromatic N) is 3. The molecule has 0 radical (unpaired) electrons. The number of hydrogen-bond acceptors (Lipinski definition) is 5. The van der Waals surface area contributed by atoms with Crippen molar-refractivity contribution in [1.82, 2.24) is 14.8 Å². The summed E-state index contributed by atoms with van der Waals surface area (Å²) in [7, 11) is 1.71. The molecule has 2 rings (SSSR count). The Morgan fingerprint density at radius 3 is 3.06 bits per heavy atom. The SMILES string of the molecule is CCOC(=O)c1cnc2nn(C)cc2c1O. The predicted molar refractivity (Wildman–Crippen MR) is 56.1 cm³/mol. The number of aryl methyl sites for hydroxylation is 1. The molecule has 0 amide bonds. The van der Waals surface area contributed by atoms with Gasteiger partial charge in [0.1, 0.15) is 11.3 Å². The van der Waals surface area contributed by atoms with Gasteiger partial charge >= 0.3 is 5.97 Å². The van der Waals surface area contributed by atoms with Crippen LogP contribution in [0, 0.1) is 0 Å². The number of aromatic hydroxyl groups is 1. The molecule has 6 nitrogen and oxygen atoms in total. The predicted octanol–water partition coefficient (Wildman–Crippen LogP) is 0.851. The van der Waals surface area contributed by atoms with Gasteiger partial charge in [-0.1, -0.05) is 0 Å². The highest BCUT2D eigenvalue weighted by Gasteiger charge is 2.17. The van der Waals surface area contributed by atoms with Gasteiger partial charge in [-0.3, -0.25) is 4.68 Å². The van der Waals surface area contributed by atoms with E-state index in [2.05, 4.69) is 10.1 Å². The molecular formula is C10H11N3O3. The zero-order valence-electron chi connectivity index (χ0n) is 8.97. The number of hydrogen-bond donors (Lipinski definition) is 1. The minimum atomic E-state index is -0.585. The highest BCUT2D eigenvalue weighted by molar-refractivity contribution is 5.98. The molecule has 1 N–H and O–H groups in total. The van der Waals surface area contributed by atoms with E-state index in [1.54, 1.807) is 20.2 Å². The van der Waals surface area contributed by atoms with E-state index >= 15 is 0 Å². The number of ether oxygens (including phenoxy) is 1. The van der Waals surface area contributed by atoms with Crippen molar-refractivity contribution in [3.8, 4) is 5.75 Å². The van der Waals surface area contributed by atoms with Gasteiger partial charge in [0.15, 0.2) is 5.65 Å². The number of esters is 1. The summed E-state index contributed by atoms with van der Waals surface area (Å²) in [6, 6.07) is 0. The maximum atomic E-state index is 11.5. The Morgan fingerprint density at radius 1 is 1.62 bits per heavy atom. The Balaban J connectivity index is 2.55. The number of aromatic nitrogens is 3. The molecule has 0 saturated heterocycles. The van der Waals surface area contributed by atoms with Crippen LogP contribution in [0.4, 0.5) is 0 Å². The van der Waals surface area contributed by atoms with Gasteiger partial charge in [0.25, 0.3) is 0 Å². The van der Waals surface area contributed by atoms with Crippen molar-refractivity contribution in [3.05, 3.63) is 18.0 Å². The fourth-order valence-corrected chi connectivity index (χ4v) is 1.43.